The van der Waals surface area contributed by atoms with E-state index < -0.39 is 0 Å². The van der Waals surface area contributed by atoms with Crippen molar-refractivity contribution in [2.75, 3.05) is 18.2 Å². The molecule has 0 bridgehead atoms. The summed E-state index contributed by atoms with van der Waals surface area (Å²) in [5.41, 5.74) is 2.52. The lowest BCUT2D eigenvalue weighted by molar-refractivity contribution is -0.113. The minimum absolute atomic E-state index is 0.100. The van der Waals surface area contributed by atoms with Crippen LogP contribution >= 0.6 is 23.1 Å². The third kappa shape index (κ3) is 5.02. The quantitative estimate of drug-likeness (QED) is 0.210. The summed E-state index contributed by atoms with van der Waals surface area (Å²) in [5, 5.41) is 3.94. The topological polar surface area (TPSA) is 73.2 Å². The van der Waals surface area contributed by atoms with Gasteiger partial charge in [0.25, 0.3) is 5.56 Å². The lowest BCUT2D eigenvalue weighted by Gasteiger charge is -2.12. The molecule has 4 aromatic rings. The zero-order chi connectivity index (χ0) is 23.4. The van der Waals surface area contributed by atoms with Crippen LogP contribution in [0.1, 0.15) is 5.56 Å². The van der Waals surface area contributed by atoms with Crippen molar-refractivity contribution in [1.82, 2.24) is 9.55 Å². The van der Waals surface area contributed by atoms with Gasteiger partial charge in [-0.2, -0.15) is 0 Å². The summed E-state index contributed by atoms with van der Waals surface area (Å²) < 4.78 is 6.89. The second-order valence-corrected chi connectivity index (χ2v) is 9.31. The van der Waals surface area contributed by atoms with Gasteiger partial charge in [0, 0.05) is 11.4 Å². The second-order valence-electron chi connectivity index (χ2n) is 7.33. The highest BCUT2D eigenvalue weighted by molar-refractivity contribution is 7.99. The SMILES string of the molecule is C=CCn1c(SCC(=O)Nc2cc(C)ccc2OC)nc2sc(-c3ccccc3)cc2c1=O. The van der Waals surface area contributed by atoms with Crippen LogP contribution in [-0.4, -0.2) is 28.3 Å². The van der Waals surface area contributed by atoms with Crippen LogP contribution in [0.2, 0.25) is 0 Å². The number of thiophene rings is 1. The molecular formula is C25H23N3O3S2. The molecule has 2 heterocycles. The summed E-state index contributed by atoms with van der Waals surface area (Å²) in [7, 11) is 1.56. The third-order valence-corrected chi connectivity index (χ3v) is 7.00. The van der Waals surface area contributed by atoms with Crippen molar-refractivity contribution < 1.29 is 9.53 Å². The van der Waals surface area contributed by atoms with E-state index in [4.69, 9.17) is 9.72 Å². The number of hydrogen-bond donors (Lipinski definition) is 1. The predicted molar refractivity (Wildman–Crippen MR) is 137 cm³/mol. The minimum Gasteiger partial charge on any atom is -0.495 e. The molecule has 0 atom stereocenters. The summed E-state index contributed by atoms with van der Waals surface area (Å²) in [6.45, 7) is 6.02. The van der Waals surface area contributed by atoms with Gasteiger partial charge < -0.3 is 10.1 Å². The number of benzene rings is 2. The second kappa shape index (κ2) is 10.1. The lowest BCUT2D eigenvalue weighted by atomic mass is 10.2. The number of fused-ring (bicyclic) bond motifs is 1. The number of allylic oxidation sites excluding steroid dienone is 1. The molecule has 6 nitrogen and oxygen atoms in total. The van der Waals surface area contributed by atoms with Crippen molar-refractivity contribution in [2.24, 2.45) is 0 Å². The molecule has 0 aliphatic heterocycles. The Labute approximate surface area is 199 Å². The van der Waals surface area contributed by atoms with Crippen molar-refractivity contribution in [1.29, 1.82) is 0 Å². The molecule has 0 spiro atoms. The number of nitrogens with one attached hydrogen (secondary N) is 1. The molecule has 1 amide bonds. The van der Waals surface area contributed by atoms with E-state index in [9.17, 15) is 9.59 Å². The van der Waals surface area contributed by atoms with Crippen LogP contribution < -0.4 is 15.6 Å². The van der Waals surface area contributed by atoms with E-state index in [2.05, 4.69) is 11.9 Å². The van der Waals surface area contributed by atoms with Crippen LogP contribution in [0.25, 0.3) is 20.7 Å². The number of aromatic nitrogens is 2. The third-order valence-electron chi connectivity index (χ3n) is 4.95. The molecule has 33 heavy (non-hydrogen) atoms. The van der Waals surface area contributed by atoms with Gasteiger partial charge in [-0.05, 0) is 36.2 Å². The lowest BCUT2D eigenvalue weighted by Crippen LogP contribution is -2.23. The van der Waals surface area contributed by atoms with E-state index in [1.807, 2.05) is 61.5 Å². The molecule has 0 unspecified atom stereocenters. The number of carbonyl (C=O) groups is 1. The summed E-state index contributed by atoms with van der Waals surface area (Å²) in [6, 6.07) is 17.4. The number of methoxy groups -OCH3 is 1. The summed E-state index contributed by atoms with van der Waals surface area (Å²) in [5.74, 6) is 0.483. The Morgan fingerprint density at radius 3 is 2.76 bits per heavy atom. The van der Waals surface area contributed by atoms with Gasteiger partial charge in [0.1, 0.15) is 10.6 Å². The van der Waals surface area contributed by atoms with Gasteiger partial charge >= 0.3 is 0 Å². The Hall–Kier alpha value is -3.36. The number of carbonyl (C=O) groups excluding carboxylic acids is 1. The molecule has 0 aliphatic rings. The van der Waals surface area contributed by atoms with Gasteiger partial charge in [0.2, 0.25) is 5.91 Å². The van der Waals surface area contributed by atoms with Gasteiger partial charge in [-0.15, -0.1) is 17.9 Å². The number of hydrogen-bond acceptors (Lipinski definition) is 6. The Morgan fingerprint density at radius 1 is 1.24 bits per heavy atom. The summed E-state index contributed by atoms with van der Waals surface area (Å²) in [4.78, 5) is 32.2. The molecule has 0 radical (unpaired) electrons. The maximum Gasteiger partial charge on any atom is 0.263 e. The number of aryl methyl sites for hydroxylation is 1. The number of ether oxygens (including phenoxy) is 1. The van der Waals surface area contributed by atoms with Gasteiger partial charge in [0.15, 0.2) is 5.16 Å². The Kier molecular flexibility index (Phi) is 6.96. The average molecular weight is 478 g/mol. The van der Waals surface area contributed by atoms with E-state index in [1.165, 1.54) is 23.1 Å². The van der Waals surface area contributed by atoms with Gasteiger partial charge in [-0.1, -0.05) is 54.2 Å². The highest BCUT2D eigenvalue weighted by atomic mass is 32.2. The first-order valence-corrected chi connectivity index (χ1v) is 12.1. The minimum atomic E-state index is -0.209. The van der Waals surface area contributed by atoms with Crippen LogP contribution in [-0.2, 0) is 11.3 Å². The molecule has 4 rings (SSSR count). The average Bonchev–Trinajstić information content (AvgIpc) is 3.25. The number of anilines is 1. The highest BCUT2D eigenvalue weighted by Crippen LogP contribution is 2.32. The van der Waals surface area contributed by atoms with Crippen molar-refractivity contribution in [3.8, 4) is 16.2 Å². The molecule has 2 aromatic heterocycles. The van der Waals surface area contributed by atoms with E-state index in [0.29, 0.717) is 33.4 Å². The maximum atomic E-state index is 13.2. The van der Waals surface area contributed by atoms with Crippen LogP contribution in [0.3, 0.4) is 0 Å². The van der Waals surface area contributed by atoms with Crippen molar-refractivity contribution in [2.45, 2.75) is 18.6 Å². The molecule has 168 valence electrons. The molecule has 1 N–H and O–H groups in total. The predicted octanol–water partition coefficient (Wildman–Crippen LogP) is 5.36. The fourth-order valence-corrected chi connectivity index (χ4v) is 5.26. The van der Waals surface area contributed by atoms with Gasteiger partial charge in [0.05, 0.1) is 23.9 Å². The Morgan fingerprint density at radius 2 is 2.03 bits per heavy atom. The zero-order valence-corrected chi connectivity index (χ0v) is 20.0. The van der Waals surface area contributed by atoms with Crippen molar-refractivity contribution >= 4 is 44.9 Å². The van der Waals surface area contributed by atoms with E-state index >= 15 is 0 Å². The first kappa shape index (κ1) is 22.8. The fraction of sp³-hybridized carbons (Fsp3) is 0.160. The number of rotatable bonds is 8. The molecule has 8 heteroatoms. The summed E-state index contributed by atoms with van der Waals surface area (Å²) >= 11 is 2.69. The van der Waals surface area contributed by atoms with Crippen LogP contribution in [0.5, 0.6) is 5.75 Å². The monoisotopic (exact) mass is 477 g/mol. The molecule has 0 aliphatic carbocycles. The van der Waals surface area contributed by atoms with E-state index in [1.54, 1.807) is 17.8 Å². The van der Waals surface area contributed by atoms with Gasteiger partial charge in [-0.3, -0.25) is 14.2 Å². The number of thioether (sulfide) groups is 1. The van der Waals surface area contributed by atoms with Crippen molar-refractivity contribution in [3.63, 3.8) is 0 Å². The fourth-order valence-electron chi connectivity index (χ4n) is 3.38. The van der Waals surface area contributed by atoms with Crippen LogP contribution in [0.4, 0.5) is 5.69 Å². The molecule has 0 fully saturated rings. The molecule has 2 aromatic carbocycles. The molecular weight excluding hydrogens is 454 g/mol. The highest BCUT2D eigenvalue weighted by Gasteiger charge is 2.16. The van der Waals surface area contributed by atoms with Crippen LogP contribution in [0, 0.1) is 6.92 Å². The number of nitrogens with zero attached hydrogens (tertiary/aromatic N) is 2. The summed E-state index contributed by atoms with van der Waals surface area (Å²) in [6.07, 6.45) is 1.65. The Balaban J connectivity index is 1.61. The van der Waals surface area contributed by atoms with Crippen LogP contribution in [0.15, 0.2) is 77.2 Å². The first-order chi connectivity index (χ1) is 16.0. The largest absolute Gasteiger partial charge is 0.495 e. The Bertz CT molecular complexity index is 1380. The number of amides is 1. The first-order valence-electron chi connectivity index (χ1n) is 10.3. The van der Waals surface area contributed by atoms with E-state index in [0.717, 1.165) is 16.0 Å². The molecule has 0 saturated carbocycles. The van der Waals surface area contributed by atoms with E-state index in [-0.39, 0.29) is 17.2 Å². The standard InChI is InChI=1S/C25H23N3O3S2/c1-4-12-28-24(30)18-14-21(17-8-6-5-7-9-17)33-23(18)27-25(28)32-15-22(29)26-19-13-16(2)10-11-20(19)31-3/h4-11,13-14H,1,12,15H2,2-3H3,(H,26,29). The molecule has 0 saturated heterocycles. The normalized spacial score (nSPS) is 10.8. The maximum absolute atomic E-state index is 13.2. The van der Waals surface area contributed by atoms with Crippen molar-refractivity contribution in [3.05, 3.63) is 83.2 Å². The smallest absolute Gasteiger partial charge is 0.263 e. The zero-order valence-electron chi connectivity index (χ0n) is 18.3. The van der Waals surface area contributed by atoms with Gasteiger partial charge in [-0.25, -0.2) is 4.98 Å².